The minimum atomic E-state index is 0.199. The molecule has 96 valence electrons. The van der Waals surface area contributed by atoms with E-state index in [-0.39, 0.29) is 6.10 Å². The molecule has 0 radical (unpaired) electrons. The molecular weight excluding hydrogens is 234 g/mol. The van der Waals surface area contributed by atoms with Crippen LogP contribution in [0, 0.1) is 0 Å². The summed E-state index contributed by atoms with van der Waals surface area (Å²) in [6, 6.07) is 0.350. The van der Waals surface area contributed by atoms with Crippen LogP contribution in [0.5, 0.6) is 0 Å². The Morgan fingerprint density at radius 1 is 1.47 bits per heavy atom. The Balaban J connectivity index is 1.99. The fourth-order valence-electron chi connectivity index (χ4n) is 2.01. The molecule has 5 heteroatoms. The van der Waals surface area contributed by atoms with Gasteiger partial charge in [-0.25, -0.2) is 0 Å². The SMILES string of the molecule is CCCNC(CC)c1nnc(C2CCCO2)s1. The van der Waals surface area contributed by atoms with E-state index in [1.165, 1.54) is 0 Å². The van der Waals surface area contributed by atoms with Gasteiger partial charge in [0.15, 0.2) is 0 Å². The summed E-state index contributed by atoms with van der Waals surface area (Å²) >= 11 is 1.70. The van der Waals surface area contributed by atoms with Gasteiger partial charge in [0.2, 0.25) is 0 Å². The van der Waals surface area contributed by atoms with Crippen molar-refractivity contribution in [2.45, 2.75) is 51.7 Å². The zero-order valence-electron chi connectivity index (χ0n) is 10.6. The largest absolute Gasteiger partial charge is 0.371 e. The fourth-order valence-corrected chi connectivity index (χ4v) is 3.10. The zero-order valence-corrected chi connectivity index (χ0v) is 11.4. The molecule has 4 nitrogen and oxygen atoms in total. The molecule has 1 fully saturated rings. The van der Waals surface area contributed by atoms with Crippen molar-refractivity contribution in [3.63, 3.8) is 0 Å². The molecule has 0 saturated carbocycles. The van der Waals surface area contributed by atoms with Crippen LogP contribution in [-0.2, 0) is 4.74 Å². The highest BCUT2D eigenvalue weighted by atomic mass is 32.1. The molecule has 1 saturated heterocycles. The van der Waals surface area contributed by atoms with Crippen molar-refractivity contribution in [2.24, 2.45) is 0 Å². The summed E-state index contributed by atoms with van der Waals surface area (Å²) in [5.74, 6) is 0. The van der Waals surface area contributed by atoms with Gasteiger partial charge in [0.05, 0.1) is 6.04 Å². The molecule has 17 heavy (non-hydrogen) atoms. The van der Waals surface area contributed by atoms with Crippen LogP contribution in [0.2, 0.25) is 0 Å². The molecule has 2 atom stereocenters. The highest BCUT2D eigenvalue weighted by Crippen LogP contribution is 2.32. The number of ether oxygens (including phenoxy) is 1. The molecule has 0 amide bonds. The summed E-state index contributed by atoms with van der Waals surface area (Å²) in [6.07, 6.45) is 4.64. The van der Waals surface area contributed by atoms with Gasteiger partial charge in [0.25, 0.3) is 0 Å². The Morgan fingerprint density at radius 3 is 3.00 bits per heavy atom. The molecule has 1 aromatic heterocycles. The third-order valence-corrected chi connectivity index (χ3v) is 4.14. The minimum absolute atomic E-state index is 0.199. The molecule has 0 spiro atoms. The number of aromatic nitrogens is 2. The van der Waals surface area contributed by atoms with E-state index < -0.39 is 0 Å². The Labute approximate surface area is 107 Å². The van der Waals surface area contributed by atoms with Crippen molar-refractivity contribution in [1.29, 1.82) is 0 Å². The lowest BCUT2D eigenvalue weighted by Crippen LogP contribution is -2.21. The lowest BCUT2D eigenvalue weighted by atomic mass is 10.2. The monoisotopic (exact) mass is 255 g/mol. The summed E-state index contributed by atoms with van der Waals surface area (Å²) < 4.78 is 5.63. The second-order valence-electron chi connectivity index (χ2n) is 4.40. The summed E-state index contributed by atoms with van der Waals surface area (Å²) in [5, 5.41) is 14.2. The van der Waals surface area contributed by atoms with Gasteiger partial charge in [0.1, 0.15) is 16.1 Å². The summed E-state index contributed by atoms with van der Waals surface area (Å²) in [5.41, 5.74) is 0. The normalized spacial score (nSPS) is 21.9. The Hall–Kier alpha value is -0.520. The lowest BCUT2D eigenvalue weighted by Gasteiger charge is -2.12. The molecule has 0 aromatic carbocycles. The van der Waals surface area contributed by atoms with E-state index in [9.17, 15) is 0 Å². The van der Waals surface area contributed by atoms with Gasteiger partial charge in [-0.05, 0) is 32.2 Å². The van der Waals surface area contributed by atoms with Crippen LogP contribution in [0.1, 0.15) is 61.7 Å². The maximum atomic E-state index is 5.63. The first-order valence-electron chi connectivity index (χ1n) is 6.53. The van der Waals surface area contributed by atoms with Gasteiger partial charge in [-0.15, -0.1) is 10.2 Å². The van der Waals surface area contributed by atoms with Crippen molar-refractivity contribution in [3.8, 4) is 0 Å². The average molecular weight is 255 g/mol. The molecule has 2 unspecified atom stereocenters. The van der Waals surface area contributed by atoms with Gasteiger partial charge in [-0.1, -0.05) is 25.2 Å². The van der Waals surface area contributed by atoms with Crippen LogP contribution in [0.15, 0.2) is 0 Å². The second kappa shape index (κ2) is 6.42. The maximum absolute atomic E-state index is 5.63. The third-order valence-electron chi connectivity index (χ3n) is 3.01. The summed E-state index contributed by atoms with van der Waals surface area (Å²) in [6.45, 7) is 6.26. The summed E-state index contributed by atoms with van der Waals surface area (Å²) in [4.78, 5) is 0. The molecule has 2 heterocycles. The second-order valence-corrected chi connectivity index (χ2v) is 5.44. The molecule has 1 aromatic rings. The highest BCUT2D eigenvalue weighted by Gasteiger charge is 2.23. The first-order valence-corrected chi connectivity index (χ1v) is 7.35. The fraction of sp³-hybridized carbons (Fsp3) is 0.833. The number of rotatable bonds is 6. The Kier molecular flexibility index (Phi) is 4.88. The average Bonchev–Trinajstić information content (AvgIpc) is 3.00. The van der Waals surface area contributed by atoms with Crippen LogP contribution in [0.25, 0.3) is 0 Å². The Bertz CT molecular complexity index is 336. The van der Waals surface area contributed by atoms with Crippen LogP contribution in [0.3, 0.4) is 0 Å². The van der Waals surface area contributed by atoms with Crippen LogP contribution < -0.4 is 5.32 Å². The quantitative estimate of drug-likeness (QED) is 0.849. The van der Waals surface area contributed by atoms with Gasteiger partial charge < -0.3 is 10.1 Å². The van der Waals surface area contributed by atoms with Gasteiger partial charge in [0, 0.05) is 6.61 Å². The zero-order chi connectivity index (χ0) is 12.1. The lowest BCUT2D eigenvalue weighted by molar-refractivity contribution is 0.111. The maximum Gasteiger partial charge on any atom is 0.146 e. The number of hydrogen-bond donors (Lipinski definition) is 1. The third kappa shape index (κ3) is 3.24. The van der Waals surface area contributed by atoms with Crippen LogP contribution in [0.4, 0.5) is 0 Å². The van der Waals surface area contributed by atoms with E-state index >= 15 is 0 Å². The van der Waals surface area contributed by atoms with E-state index in [0.29, 0.717) is 6.04 Å². The first kappa shape index (κ1) is 12.9. The van der Waals surface area contributed by atoms with E-state index in [1.54, 1.807) is 11.3 Å². The van der Waals surface area contributed by atoms with Gasteiger partial charge in [-0.3, -0.25) is 0 Å². The Morgan fingerprint density at radius 2 is 2.35 bits per heavy atom. The highest BCUT2D eigenvalue weighted by molar-refractivity contribution is 7.11. The van der Waals surface area contributed by atoms with E-state index in [1.807, 2.05) is 0 Å². The molecule has 1 aliphatic rings. The topological polar surface area (TPSA) is 47.0 Å². The van der Waals surface area contributed by atoms with E-state index in [2.05, 4.69) is 29.4 Å². The summed E-state index contributed by atoms with van der Waals surface area (Å²) in [7, 11) is 0. The molecule has 2 rings (SSSR count). The predicted molar refractivity (Wildman–Crippen MR) is 69.2 cm³/mol. The number of hydrogen-bond acceptors (Lipinski definition) is 5. The van der Waals surface area contributed by atoms with Gasteiger partial charge >= 0.3 is 0 Å². The van der Waals surface area contributed by atoms with Crippen molar-refractivity contribution < 1.29 is 4.74 Å². The molecule has 1 N–H and O–H groups in total. The van der Waals surface area contributed by atoms with Crippen molar-refractivity contribution in [2.75, 3.05) is 13.2 Å². The molecule has 0 bridgehead atoms. The first-order chi connectivity index (χ1) is 8.35. The van der Waals surface area contributed by atoms with Crippen molar-refractivity contribution >= 4 is 11.3 Å². The van der Waals surface area contributed by atoms with Crippen LogP contribution >= 0.6 is 11.3 Å². The molecular formula is C12H21N3OS. The van der Waals surface area contributed by atoms with Gasteiger partial charge in [-0.2, -0.15) is 0 Å². The number of nitrogens with one attached hydrogen (secondary N) is 1. The van der Waals surface area contributed by atoms with Crippen molar-refractivity contribution in [3.05, 3.63) is 10.0 Å². The number of nitrogens with zero attached hydrogens (tertiary/aromatic N) is 2. The van der Waals surface area contributed by atoms with Crippen molar-refractivity contribution in [1.82, 2.24) is 15.5 Å². The molecule has 0 aliphatic carbocycles. The minimum Gasteiger partial charge on any atom is -0.371 e. The molecule has 1 aliphatic heterocycles. The standard InChI is InChI=1S/C12H21N3OS/c1-3-7-13-9(4-2)11-14-15-12(17-11)10-6-5-8-16-10/h9-10,13H,3-8H2,1-2H3. The van der Waals surface area contributed by atoms with E-state index in [4.69, 9.17) is 4.74 Å². The smallest absolute Gasteiger partial charge is 0.146 e. The van der Waals surface area contributed by atoms with Crippen LogP contribution in [-0.4, -0.2) is 23.3 Å². The van der Waals surface area contributed by atoms with E-state index in [0.717, 1.165) is 48.9 Å². The predicted octanol–water partition coefficient (Wildman–Crippen LogP) is 2.84.